The van der Waals surface area contributed by atoms with E-state index in [-0.39, 0.29) is 12.4 Å². The normalized spacial score (nSPS) is 11.4. The Kier molecular flexibility index (Phi) is 4.37. The van der Waals surface area contributed by atoms with Crippen molar-refractivity contribution in [3.8, 4) is 5.69 Å². The van der Waals surface area contributed by atoms with E-state index in [1.54, 1.807) is 18.7 Å². The number of hydrogen-bond donors (Lipinski definition) is 0. The fourth-order valence-electron chi connectivity index (χ4n) is 1.82. The van der Waals surface area contributed by atoms with Crippen LogP contribution < -0.4 is 0 Å². The maximum absolute atomic E-state index is 11.9. The molecule has 0 radical (unpaired) electrons. The molecule has 0 spiro atoms. The summed E-state index contributed by atoms with van der Waals surface area (Å²) in [5, 5.41) is 4.26. The molecule has 1 aromatic heterocycles. The smallest absolute Gasteiger partial charge is 0.378 e. The number of carbonyl (C=O) groups is 1. The van der Waals surface area contributed by atoms with Gasteiger partial charge in [-0.3, -0.25) is 0 Å². The van der Waals surface area contributed by atoms with Crippen LogP contribution in [0.2, 0.25) is 0 Å². The van der Waals surface area contributed by atoms with E-state index < -0.39 is 11.6 Å². The molecular weight excluding hydrogens is 270 g/mol. The van der Waals surface area contributed by atoms with Gasteiger partial charge in [-0.15, -0.1) is 5.10 Å². The second-order valence-electron chi connectivity index (χ2n) is 4.94. The first-order chi connectivity index (χ1) is 9.99. The summed E-state index contributed by atoms with van der Waals surface area (Å²) in [5.41, 5.74) is 0.119. The van der Waals surface area contributed by atoms with Gasteiger partial charge in [-0.05, 0) is 32.9 Å². The Bertz CT molecular complexity index is 620. The number of benzene rings is 1. The highest BCUT2D eigenvalue weighted by atomic mass is 16.5. The van der Waals surface area contributed by atoms with Crippen molar-refractivity contribution in [1.82, 2.24) is 14.8 Å². The van der Waals surface area contributed by atoms with Crippen LogP contribution in [0, 0.1) is 0 Å². The lowest BCUT2D eigenvalue weighted by atomic mass is 10.1. The molecule has 112 valence electrons. The molecule has 0 fully saturated rings. The topological polar surface area (TPSA) is 66.2 Å². The third-order valence-corrected chi connectivity index (χ3v) is 3.11. The summed E-state index contributed by atoms with van der Waals surface area (Å²) < 4.78 is 12.0. The van der Waals surface area contributed by atoms with E-state index in [2.05, 4.69) is 10.1 Å². The Labute approximate surface area is 123 Å². The first kappa shape index (κ1) is 15.2. The summed E-state index contributed by atoms with van der Waals surface area (Å²) in [5.74, 6) is 0.0282. The molecule has 1 aromatic carbocycles. The zero-order valence-corrected chi connectivity index (χ0v) is 12.7. The molecule has 0 atom stereocenters. The van der Waals surface area contributed by atoms with Gasteiger partial charge < -0.3 is 9.47 Å². The van der Waals surface area contributed by atoms with Crippen molar-refractivity contribution >= 4 is 5.97 Å². The maximum Gasteiger partial charge on any atom is 0.378 e. The monoisotopic (exact) mass is 289 g/mol. The zero-order chi connectivity index (χ0) is 15.5. The van der Waals surface area contributed by atoms with Crippen molar-refractivity contribution in [3.05, 3.63) is 42.0 Å². The number of nitrogens with zero attached hydrogens (tertiary/aromatic N) is 3. The summed E-state index contributed by atoms with van der Waals surface area (Å²) in [7, 11) is 1.59. The number of carbonyl (C=O) groups excluding carboxylic acids is 1. The quantitative estimate of drug-likeness (QED) is 0.790. The summed E-state index contributed by atoms with van der Waals surface area (Å²) in [6.07, 6.45) is 0. The average molecular weight is 289 g/mol. The number of aromatic nitrogens is 3. The van der Waals surface area contributed by atoms with Gasteiger partial charge in [0, 0.05) is 7.11 Å². The Hall–Kier alpha value is -2.21. The van der Waals surface area contributed by atoms with E-state index in [9.17, 15) is 4.79 Å². The Morgan fingerprint density at radius 1 is 1.29 bits per heavy atom. The maximum atomic E-state index is 11.9. The molecule has 6 heteroatoms. The molecular formula is C15H19N3O3. The minimum absolute atomic E-state index is 0.0285. The molecule has 6 nitrogen and oxygen atoms in total. The molecule has 0 amide bonds. The Balaban J connectivity index is 2.54. The molecule has 2 rings (SSSR count). The Morgan fingerprint density at radius 3 is 2.52 bits per heavy atom. The molecule has 0 saturated carbocycles. The van der Waals surface area contributed by atoms with Gasteiger partial charge in [0.25, 0.3) is 5.82 Å². The SMILES string of the molecule is CCOC(=O)c1nc(C(C)(C)OC)n(-c2ccccc2)n1. The van der Waals surface area contributed by atoms with E-state index in [1.807, 2.05) is 44.2 Å². The van der Waals surface area contributed by atoms with E-state index in [1.165, 1.54) is 0 Å². The van der Waals surface area contributed by atoms with Crippen molar-refractivity contribution in [2.75, 3.05) is 13.7 Å². The van der Waals surface area contributed by atoms with Crippen LogP contribution in [0.3, 0.4) is 0 Å². The van der Waals surface area contributed by atoms with E-state index >= 15 is 0 Å². The van der Waals surface area contributed by atoms with Crippen LogP contribution in [0.25, 0.3) is 5.69 Å². The number of methoxy groups -OCH3 is 1. The van der Waals surface area contributed by atoms with Crippen LogP contribution in [0.15, 0.2) is 30.3 Å². The third kappa shape index (κ3) is 3.11. The highest BCUT2D eigenvalue weighted by Crippen LogP contribution is 2.24. The molecule has 0 N–H and O–H groups in total. The van der Waals surface area contributed by atoms with Crippen LogP contribution in [0.4, 0.5) is 0 Å². The second-order valence-corrected chi connectivity index (χ2v) is 4.94. The summed E-state index contributed by atoms with van der Waals surface area (Å²) >= 11 is 0. The zero-order valence-electron chi connectivity index (χ0n) is 12.7. The van der Waals surface area contributed by atoms with Gasteiger partial charge in [0.05, 0.1) is 12.3 Å². The van der Waals surface area contributed by atoms with Crippen molar-refractivity contribution in [3.63, 3.8) is 0 Å². The average Bonchev–Trinajstić information content (AvgIpc) is 2.94. The van der Waals surface area contributed by atoms with E-state index in [0.717, 1.165) is 5.69 Å². The molecule has 0 saturated heterocycles. The predicted molar refractivity (Wildman–Crippen MR) is 77.4 cm³/mol. The van der Waals surface area contributed by atoms with Crippen molar-refractivity contribution in [1.29, 1.82) is 0 Å². The van der Waals surface area contributed by atoms with Crippen LogP contribution in [-0.4, -0.2) is 34.5 Å². The first-order valence-corrected chi connectivity index (χ1v) is 6.75. The van der Waals surface area contributed by atoms with Crippen LogP contribution in [0.5, 0.6) is 0 Å². The molecule has 21 heavy (non-hydrogen) atoms. The molecule has 0 aliphatic carbocycles. The van der Waals surface area contributed by atoms with Crippen LogP contribution in [-0.2, 0) is 15.1 Å². The van der Waals surface area contributed by atoms with Crippen molar-refractivity contribution < 1.29 is 14.3 Å². The fourth-order valence-corrected chi connectivity index (χ4v) is 1.82. The highest BCUT2D eigenvalue weighted by Gasteiger charge is 2.30. The number of rotatable bonds is 5. The predicted octanol–water partition coefficient (Wildman–Crippen LogP) is 2.33. The molecule has 1 heterocycles. The minimum Gasteiger partial charge on any atom is -0.460 e. The molecule has 0 bridgehead atoms. The minimum atomic E-state index is -0.687. The van der Waals surface area contributed by atoms with Gasteiger partial charge in [0.15, 0.2) is 5.82 Å². The first-order valence-electron chi connectivity index (χ1n) is 6.75. The molecule has 0 unspecified atom stereocenters. The van der Waals surface area contributed by atoms with Gasteiger partial charge in [-0.2, -0.15) is 0 Å². The number of hydrogen-bond acceptors (Lipinski definition) is 5. The molecule has 2 aromatic rings. The van der Waals surface area contributed by atoms with E-state index in [4.69, 9.17) is 9.47 Å². The van der Waals surface area contributed by atoms with Gasteiger partial charge in [-0.1, -0.05) is 18.2 Å². The molecule has 0 aliphatic rings. The summed E-state index contributed by atoms with van der Waals surface area (Å²) in [6, 6.07) is 9.47. The van der Waals surface area contributed by atoms with Crippen molar-refractivity contribution in [2.24, 2.45) is 0 Å². The highest BCUT2D eigenvalue weighted by molar-refractivity contribution is 5.85. The van der Waals surface area contributed by atoms with Gasteiger partial charge in [0.1, 0.15) is 5.60 Å². The number of ether oxygens (including phenoxy) is 2. The number of para-hydroxylation sites is 1. The van der Waals surface area contributed by atoms with Gasteiger partial charge in [-0.25, -0.2) is 14.5 Å². The molecule has 0 aliphatic heterocycles. The standard InChI is InChI=1S/C15H19N3O3/c1-5-21-13(19)12-16-14(15(2,3)20-4)18(17-12)11-9-7-6-8-10-11/h6-10H,5H2,1-4H3. The summed E-state index contributed by atoms with van der Waals surface area (Å²) in [4.78, 5) is 16.2. The summed E-state index contributed by atoms with van der Waals surface area (Å²) in [6.45, 7) is 5.75. The lowest BCUT2D eigenvalue weighted by Gasteiger charge is -2.22. The van der Waals surface area contributed by atoms with Gasteiger partial charge in [0.2, 0.25) is 0 Å². The van der Waals surface area contributed by atoms with E-state index in [0.29, 0.717) is 5.82 Å². The second kappa shape index (κ2) is 6.05. The number of esters is 1. The van der Waals surface area contributed by atoms with Gasteiger partial charge >= 0.3 is 5.97 Å². The Morgan fingerprint density at radius 2 is 1.95 bits per heavy atom. The lowest BCUT2D eigenvalue weighted by Crippen LogP contribution is -2.25. The van der Waals surface area contributed by atoms with Crippen LogP contribution in [0.1, 0.15) is 37.2 Å². The van der Waals surface area contributed by atoms with Crippen molar-refractivity contribution in [2.45, 2.75) is 26.4 Å². The largest absolute Gasteiger partial charge is 0.460 e. The lowest BCUT2D eigenvalue weighted by molar-refractivity contribution is 0.00964. The third-order valence-electron chi connectivity index (χ3n) is 3.11. The van der Waals surface area contributed by atoms with Crippen LogP contribution >= 0.6 is 0 Å². The fraction of sp³-hybridized carbons (Fsp3) is 0.400.